The van der Waals surface area contributed by atoms with Crippen LogP contribution in [0.5, 0.6) is 0 Å². The van der Waals surface area contributed by atoms with Gasteiger partial charge in [-0.15, -0.1) is 11.3 Å². The maximum absolute atomic E-state index is 12.3. The number of aromatic nitrogens is 1. The minimum atomic E-state index is -0.135. The van der Waals surface area contributed by atoms with E-state index in [1.54, 1.807) is 10.3 Å². The van der Waals surface area contributed by atoms with E-state index in [1.807, 2.05) is 39.1 Å². The van der Waals surface area contributed by atoms with Gasteiger partial charge in [0.25, 0.3) is 0 Å². The zero-order valence-corrected chi connectivity index (χ0v) is 16.7. The highest BCUT2D eigenvalue weighted by Gasteiger charge is 2.20. The molecular weight excluding hydrogens is 362 g/mol. The smallest absolute Gasteiger partial charge is 0.323 e. The number of nitrogens with zero attached hydrogens (tertiary/aromatic N) is 3. The van der Waals surface area contributed by atoms with Crippen molar-refractivity contribution in [2.75, 3.05) is 43.9 Å². The number of hydrogen-bond acceptors (Lipinski definition) is 5. The number of carbonyl (C=O) groups is 2. The molecular formula is C19H25N5O2S. The second-order valence-corrected chi connectivity index (χ2v) is 7.77. The van der Waals surface area contributed by atoms with Crippen LogP contribution in [0.25, 0.3) is 0 Å². The molecule has 8 heteroatoms. The molecule has 1 aliphatic heterocycles. The summed E-state index contributed by atoms with van der Waals surface area (Å²) in [5.74, 6) is -0.121. The Labute approximate surface area is 163 Å². The van der Waals surface area contributed by atoms with Crippen molar-refractivity contribution in [3.8, 4) is 0 Å². The van der Waals surface area contributed by atoms with Gasteiger partial charge in [0.05, 0.1) is 12.1 Å². The molecule has 0 spiro atoms. The third kappa shape index (κ3) is 5.27. The topological polar surface area (TPSA) is 77.6 Å². The standard InChI is InChI=1S/C19H25N5O2S/c1-13-4-5-16(14(2)10-13)21-17(25)11-15-12-27-18(20-15)22-19(26)24-8-6-23(3)7-9-24/h4-5,10,12H,6-9,11H2,1-3H3,(H,21,25)(H,20,22,26). The number of aryl methyl sites for hydroxylation is 2. The second-order valence-electron chi connectivity index (χ2n) is 6.91. The maximum atomic E-state index is 12.3. The first kappa shape index (κ1) is 19.3. The minimum absolute atomic E-state index is 0.121. The quantitative estimate of drug-likeness (QED) is 0.846. The third-order valence-corrected chi connectivity index (χ3v) is 5.36. The molecule has 2 aromatic rings. The molecule has 3 rings (SSSR count). The van der Waals surface area contributed by atoms with E-state index in [-0.39, 0.29) is 18.4 Å². The van der Waals surface area contributed by atoms with Crippen molar-refractivity contribution in [1.29, 1.82) is 0 Å². The van der Waals surface area contributed by atoms with Crippen LogP contribution in [-0.2, 0) is 11.2 Å². The molecule has 144 valence electrons. The van der Waals surface area contributed by atoms with Gasteiger partial charge in [0.1, 0.15) is 0 Å². The number of rotatable bonds is 4. The van der Waals surface area contributed by atoms with E-state index < -0.39 is 0 Å². The van der Waals surface area contributed by atoms with Gasteiger partial charge in [-0.25, -0.2) is 9.78 Å². The van der Waals surface area contributed by atoms with Crippen LogP contribution >= 0.6 is 11.3 Å². The van der Waals surface area contributed by atoms with Gasteiger partial charge < -0.3 is 15.1 Å². The van der Waals surface area contributed by atoms with Crippen LogP contribution in [0.4, 0.5) is 15.6 Å². The lowest BCUT2D eigenvalue weighted by molar-refractivity contribution is -0.115. The van der Waals surface area contributed by atoms with Crippen LogP contribution < -0.4 is 10.6 Å². The van der Waals surface area contributed by atoms with E-state index in [2.05, 4.69) is 20.5 Å². The number of urea groups is 1. The van der Waals surface area contributed by atoms with E-state index in [4.69, 9.17) is 0 Å². The Morgan fingerprint density at radius 2 is 1.89 bits per heavy atom. The van der Waals surface area contributed by atoms with Gasteiger partial charge in [-0.3, -0.25) is 10.1 Å². The fourth-order valence-corrected chi connectivity index (χ4v) is 3.64. The minimum Gasteiger partial charge on any atom is -0.326 e. The van der Waals surface area contributed by atoms with Crippen molar-refractivity contribution >= 4 is 34.1 Å². The molecule has 0 aliphatic carbocycles. The van der Waals surface area contributed by atoms with E-state index in [9.17, 15) is 9.59 Å². The molecule has 1 saturated heterocycles. The highest BCUT2D eigenvalue weighted by atomic mass is 32.1. The summed E-state index contributed by atoms with van der Waals surface area (Å²) in [7, 11) is 2.05. The number of benzene rings is 1. The van der Waals surface area contributed by atoms with Gasteiger partial charge in [-0.2, -0.15) is 0 Å². The third-order valence-electron chi connectivity index (χ3n) is 4.55. The van der Waals surface area contributed by atoms with Gasteiger partial charge in [0.15, 0.2) is 5.13 Å². The average Bonchev–Trinajstić information content (AvgIpc) is 3.04. The summed E-state index contributed by atoms with van der Waals surface area (Å²) in [5, 5.41) is 8.07. The zero-order valence-electron chi connectivity index (χ0n) is 15.9. The maximum Gasteiger partial charge on any atom is 0.323 e. The highest BCUT2D eigenvalue weighted by molar-refractivity contribution is 7.13. The van der Waals surface area contributed by atoms with Gasteiger partial charge in [0, 0.05) is 37.2 Å². The zero-order chi connectivity index (χ0) is 19.4. The molecule has 0 unspecified atom stereocenters. The van der Waals surface area contributed by atoms with Crippen LogP contribution in [0.15, 0.2) is 23.6 Å². The number of thiazole rings is 1. The molecule has 3 amide bonds. The molecule has 0 saturated carbocycles. The fourth-order valence-electron chi connectivity index (χ4n) is 2.94. The van der Waals surface area contributed by atoms with Gasteiger partial charge in [0.2, 0.25) is 5.91 Å². The summed E-state index contributed by atoms with van der Waals surface area (Å²) in [6.07, 6.45) is 0.175. The summed E-state index contributed by atoms with van der Waals surface area (Å²) in [6, 6.07) is 5.77. The summed E-state index contributed by atoms with van der Waals surface area (Å²) >= 11 is 1.34. The molecule has 27 heavy (non-hydrogen) atoms. The van der Waals surface area contributed by atoms with Crippen LogP contribution in [0.2, 0.25) is 0 Å². The molecule has 0 atom stereocenters. The van der Waals surface area contributed by atoms with Crippen molar-refractivity contribution in [3.05, 3.63) is 40.4 Å². The van der Waals surface area contributed by atoms with Crippen molar-refractivity contribution in [3.63, 3.8) is 0 Å². The predicted molar refractivity (Wildman–Crippen MR) is 108 cm³/mol. The van der Waals surface area contributed by atoms with E-state index in [0.717, 1.165) is 29.9 Å². The molecule has 7 nitrogen and oxygen atoms in total. The Morgan fingerprint density at radius 3 is 2.59 bits per heavy atom. The molecule has 1 fully saturated rings. The predicted octanol–water partition coefficient (Wildman–Crippen LogP) is 2.72. The number of carbonyl (C=O) groups excluding carboxylic acids is 2. The molecule has 0 bridgehead atoms. The Bertz CT molecular complexity index is 827. The number of amides is 3. The van der Waals surface area contributed by atoms with E-state index in [1.165, 1.54) is 11.3 Å². The van der Waals surface area contributed by atoms with Crippen molar-refractivity contribution in [1.82, 2.24) is 14.8 Å². The fraction of sp³-hybridized carbons (Fsp3) is 0.421. The van der Waals surface area contributed by atoms with Crippen molar-refractivity contribution < 1.29 is 9.59 Å². The SMILES string of the molecule is Cc1ccc(NC(=O)Cc2csc(NC(=O)N3CCN(C)CC3)n2)c(C)c1. The van der Waals surface area contributed by atoms with Crippen LogP contribution in [0, 0.1) is 13.8 Å². The lowest BCUT2D eigenvalue weighted by Crippen LogP contribution is -2.48. The summed E-state index contributed by atoms with van der Waals surface area (Å²) in [6.45, 7) is 7.14. The normalized spacial score (nSPS) is 14.9. The molecule has 0 radical (unpaired) electrons. The van der Waals surface area contributed by atoms with E-state index >= 15 is 0 Å². The number of hydrogen-bond donors (Lipinski definition) is 2. The van der Waals surface area contributed by atoms with Crippen LogP contribution in [-0.4, -0.2) is 59.9 Å². The average molecular weight is 388 g/mol. The second kappa shape index (κ2) is 8.49. The molecule has 1 aromatic heterocycles. The lowest BCUT2D eigenvalue weighted by atomic mass is 10.1. The summed E-state index contributed by atoms with van der Waals surface area (Å²) < 4.78 is 0. The van der Waals surface area contributed by atoms with Gasteiger partial charge in [-0.1, -0.05) is 17.7 Å². The lowest BCUT2D eigenvalue weighted by Gasteiger charge is -2.32. The Morgan fingerprint density at radius 1 is 1.15 bits per heavy atom. The molecule has 1 aliphatic rings. The van der Waals surface area contributed by atoms with Gasteiger partial charge in [-0.05, 0) is 32.5 Å². The van der Waals surface area contributed by atoms with Crippen LogP contribution in [0.1, 0.15) is 16.8 Å². The van der Waals surface area contributed by atoms with E-state index in [0.29, 0.717) is 23.9 Å². The van der Waals surface area contributed by atoms with Crippen molar-refractivity contribution in [2.24, 2.45) is 0 Å². The molecule has 2 heterocycles. The number of nitrogens with one attached hydrogen (secondary N) is 2. The largest absolute Gasteiger partial charge is 0.326 e. The first-order valence-corrected chi connectivity index (χ1v) is 9.84. The molecule has 1 aromatic carbocycles. The molecule has 2 N–H and O–H groups in total. The first-order valence-electron chi connectivity index (χ1n) is 8.96. The first-order chi connectivity index (χ1) is 12.9. The summed E-state index contributed by atoms with van der Waals surface area (Å²) in [5.41, 5.74) is 3.65. The number of anilines is 2. The summed E-state index contributed by atoms with van der Waals surface area (Å²) in [4.78, 5) is 32.9. The number of piperazine rings is 1. The Hall–Kier alpha value is -2.45. The van der Waals surface area contributed by atoms with Gasteiger partial charge >= 0.3 is 6.03 Å². The Kier molecular flexibility index (Phi) is 6.08. The number of likely N-dealkylation sites (N-methyl/N-ethyl adjacent to an activating group) is 1. The van der Waals surface area contributed by atoms with Crippen LogP contribution in [0.3, 0.4) is 0 Å². The highest BCUT2D eigenvalue weighted by Crippen LogP contribution is 2.19. The monoisotopic (exact) mass is 387 g/mol. The van der Waals surface area contributed by atoms with Crippen molar-refractivity contribution in [2.45, 2.75) is 20.3 Å². The Balaban J connectivity index is 1.52.